The first-order valence-corrected chi connectivity index (χ1v) is 6.93. The zero-order valence-electron chi connectivity index (χ0n) is 11.6. The predicted molar refractivity (Wildman–Crippen MR) is 78.0 cm³/mol. The fourth-order valence-corrected chi connectivity index (χ4v) is 2.96. The molecule has 1 aliphatic rings. The number of nitrogens with zero attached hydrogens (tertiary/aromatic N) is 1. The van der Waals surface area contributed by atoms with Gasteiger partial charge in [-0.2, -0.15) is 5.26 Å². The van der Waals surface area contributed by atoms with Crippen LogP contribution in [0.15, 0.2) is 48.5 Å². The number of benzene rings is 2. The summed E-state index contributed by atoms with van der Waals surface area (Å²) < 4.78 is 6.19. The van der Waals surface area contributed by atoms with Crippen molar-refractivity contribution in [3.63, 3.8) is 0 Å². The van der Waals surface area contributed by atoms with Crippen molar-refractivity contribution in [2.24, 2.45) is 0 Å². The van der Waals surface area contributed by atoms with Crippen LogP contribution in [-0.4, -0.2) is 0 Å². The van der Waals surface area contributed by atoms with Gasteiger partial charge in [0.25, 0.3) is 0 Å². The van der Waals surface area contributed by atoms with Gasteiger partial charge in [-0.25, -0.2) is 0 Å². The Hall–Kier alpha value is -2.11. The summed E-state index contributed by atoms with van der Waals surface area (Å²) in [5.41, 5.74) is 4.35. The molecule has 0 bridgehead atoms. The number of hydrogen-bond acceptors (Lipinski definition) is 2. The first-order chi connectivity index (χ1) is 9.76. The van der Waals surface area contributed by atoms with Crippen LogP contribution in [-0.2, 0) is 16.9 Å². The average Bonchev–Trinajstić information content (AvgIpc) is 2.86. The smallest absolute Gasteiger partial charge is 0.120 e. The maximum absolute atomic E-state index is 8.97. The lowest BCUT2D eigenvalue weighted by Crippen LogP contribution is -2.26. The average molecular weight is 263 g/mol. The monoisotopic (exact) mass is 263 g/mol. The maximum Gasteiger partial charge on any atom is 0.120 e. The van der Waals surface area contributed by atoms with Gasteiger partial charge in [-0.1, -0.05) is 54.1 Å². The number of fused-ring (bicyclic) bond motifs is 1. The first kappa shape index (κ1) is 12.9. The van der Waals surface area contributed by atoms with Crippen LogP contribution < -0.4 is 0 Å². The number of aryl methyl sites for hydroxylation is 1. The summed E-state index contributed by atoms with van der Waals surface area (Å²) in [6.07, 6.45) is 1.19. The maximum atomic E-state index is 8.97. The molecule has 0 amide bonds. The number of rotatable bonds is 3. The summed E-state index contributed by atoms with van der Waals surface area (Å²) in [6, 6.07) is 19.0. The molecular formula is C18H17NO. The second kappa shape index (κ2) is 5.11. The molecule has 0 fully saturated rings. The van der Waals surface area contributed by atoms with Gasteiger partial charge < -0.3 is 4.74 Å². The molecule has 2 nitrogen and oxygen atoms in total. The Kier molecular flexibility index (Phi) is 3.30. The molecule has 2 aromatic carbocycles. The van der Waals surface area contributed by atoms with E-state index in [2.05, 4.69) is 49.4 Å². The third-order valence-corrected chi connectivity index (χ3v) is 4.03. The number of nitriles is 1. The minimum atomic E-state index is -0.458. The molecule has 1 heterocycles. The summed E-state index contributed by atoms with van der Waals surface area (Å²) in [7, 11) is 0. The van der Waals surface area contributed by atoms with Crippen LogP contribution in [0.5, 0.6) is 0 Å². The van der Waals surface area contributed by atoms with Crippen LogP contribution in [0.1, 0.15) is 35.1 Å². The van der Waals surface area contributed by atoms with Gasteiger partial charge in [0.1, 0.15) is 5.60 Å². The molecular weight excluding hydrogens is 246 g/mol. The fourth-order valence-electron chi connectivity index (χ4n) is 2.96. The summed E-state index contributed by atoms with van der Waals surface area (Å²) in [6.45, 7) is 2.70. The first-order valence-electron chi connectivity index (χ1n) is 6.93. The van der Waals surface area contributed by atoms with Crippen molar-refractivity contribution in [1.29, 1.82) is 5.26 Å². The largest absolute Gasteiger partial charge is 0.361 e. The Morgan fingerprint density at radius 2 is 1.90 bits per heavy atom. The molecule has 2 heteroatoms. The molecule has 1 atom stereocenters. The molecule has 0 spiro atoms. The van der Waals surface area contributed by atoms with Crippen LogP contribution in [0.4, 0.5) is 0 Å². The lowest BCUT2D eigenvalue weighted by molar-refractivity contribution is -0.0106. The highest BCUT2D eigenvalue weighted by Crippen LogP contribution is 2.45. The Morgan fingerprint density at radius 3 is 2.65 bits per heavy atom. The van der Waals surface area contributed by atoms with E-state index < -0.39 is 5.60 Å². The van der Waals surface area contributed by atoms with Gasteiger partial charge in [0, 0.05) is 6.42 Å². The van der Waals surface area contributed by atoms with Crippen LogP contribution in [0.2, 0.25) is 0 Å². The third kappa shape index (κ3) is 2.01. The van der Waals surface area contributed by atoms with Crippen LogP contribution >= 0.6 is 0 Å². The standard InChI is InChI=1S/C18H17NO/c1-14-7-9-16(10-8-14)18(11-4-12-19)17-6-3-2-5-15(17)13-20-18/h2-3,5-10H,4,11,13H2,1H3. The molecule has 0 radical (unpaired) electrons. The van der Waals surface area contributed by atoms with E-state index in [0.717, 1.165) is 5.56 Å². The van der Waals surface area contributed by atoms with E-state index in [0.29, 0.717) is 19.4 Å². The lowest BCUT2D eigenvalue weighted by atomic mass is 9.82. The van der Waals surface area contributed by atoms with Gasteiger partial charge in [0.2, 0.25) is 0 Å². The van der Waals surface area contributed by atoms with Crippen molar-refractivity contribution >= 4 is 0 Å². The summed E-state index contributed by atoms with van der Waals surface area (Å²) >= 11 is 0. The van der Waals surface area contributed by atoms with E-state index in [1.54, 1.807) is 0 Å². The van der Waals surface area contributed by atoms with E-state index in [4.69, 9.17) is 10.00 Å². The van der Waals surface area contributed by atoms with Gasteiger partial charge in [-0.15, -0.1) is 0 Å². The Labute approximate surface area is 119 Å². The quantitative estimate of drug-likeness (QED) is 0.836. The summed E-state index contributed by atoms with van der Waals surface area (Å²) in [4.78, 5) is 0. The Balaban J connectivity index is 2.12. The molecule has 3 rings (SSSR count). The highest BCUT2D eigenvalue weighted by Gasteiger charge is 2.40. The van der Waals surface area contributed by atoms with Crippen molar-refractivity contribution in [3.05, 3.63) is 70.8 Å². The molecule has 0 N–H and O–H groups in total. The van der Waals surface area contributed by atoms with Gasteiger partial charge in [-0.05, 0) is 30.0 Å². The minimum Gasteiger partial charge on any atom is -0.361 e. The van der Waals surface area contributed by atoms with Crippen LogP contribution in [0.25, 0.3) is 0 Å². The van der Waals surface area contributed by atoms with E-state index >= 15 is 0 Å². The molecule has 0 saturated carbocycles. The number of ether oxygens (including phenoxy) is 1. The van der Waals surface area contributed by atoms with Crippen LogP contribution in [0, 0.1) is 18.3 Å². The highest BCUT2D eigenvalue weighted by molar-refractivity contribution is 5.44. The molecule has 20 heavy (non-hydrogen) atoms. The van der Waals surface area contributed by atoms with Crippen molar-refractivity contribution < 1.29 is 4.74 Å². The minimum absolute atomic E-state index is 0.458. The second-order valence-electron chi connectivity index (χ2n) is 5.30. The van der Waals surface area contributed by atoms with Gasteiger partial charge in [-0.3, -0.25) is 0 Å². The van der Waals surface area contributed by atoms with E-state index in [1.807, 2.05) is 12.1 Å². The zero-order chi connectivity index (χ0) is 14.0. The molecule has 1 aliphatic heterocycles. The third-order valence-electron chi connectivity index (χ3n) is 4.03. The fraction of sp³-hybridized carbons (Fsp3) is 0.278. The van der Waals surface area contributed by atoms with Crippen molar-refractivity contribution in [3.8, 4) is 6.07 Å². The Morgan fingerprint density at radius 1 is 1.15 bits per heavy atom. The summed E-state index contributed by atoms with van der Waals surface area (Å²) in [5.74, 6) is 0. The van der Waals surface area contributed by atoms with Gasteiger partial charge in [0.15, 0.2) is 0 Å². The molecule has 0 saturated heterocycles. The molecule has 100 valence electrons. The molecule has 0 aromatic heterocycles. The normalized spacial score (nSPS) is 20.4. The zero-order valence-corrected chi connectivity index (χ0v) is 11.6. The van der Waals surface area contributed by atoms with Crippen molar-refractivity contribution in [1.82, 2.24) is 0 Å². The topological polar surface area (TPSA) is 33.0 Å². The lowest BCUT2D eigenvalue weighted by Gasteiger charge is -2.29. The predicted octanol–water partition coefficient (Wildman–Crippen LogP) is 4.07. The van der Waals surface area contributed by atoms with Gasteiger partial charge in [0.05, 0.1) is 12.7 Å². The highest BCUT2D eigenvalue weighted by atomic mass is 16.5. The summed E-state index contributed by atoms with van der Waals surface area (Å²) in [5, 5.41) is 8.97. The Bertz CT molecular complexity index is 654. The van der Waals surface area contributed by atoms with Crippen molar-refractivity contribution in [2.45, 2.75) is 32.0 Å². The van der Waals surface area contributed by atoms with Crippen molar-refractivity contribution in [2.75, 3.05) is 0 Å². The second-order valence-corrected chi connectivity index (χ2v) is 5.30. The van der Waals surface area contributed by atoms with E-state index in [1.165, 1.54) is 16.7 Å². The molecule has 1 unspecified atom stereocenters. The SMILES string of the molecule is Cc1ccc(C2(CCC#N)OCc3ccccc32)cc1. The van der Waals surface area contributed by atoms with E-state index in [9.17, 15) is 0 Å². The molecule has 2 aromatic rings. The van der Waals surface area contributed by atoms with E-state index in [-0.39, 0.29) is 0 Å². The number of hydrogen-bond donors (Lipinski definition) is 0. The molecule has 0 aliphatic carbocycles. The van der Waals surface area contributed by atoms with Gasteiger partial charge >= 0.3 is 0 Å². The van der Waals surface area contributed by atoms with Crippen LogP contribution in [0.3, 0.4) is 0 Å².